The highest BCUT2D eigenvalue weighted by atomic mass is 35.5. The lowest BCUT2D eigenvalue weighted by molar-refractivity contribution is -0.0512. The number of methoxy groups -OCH3 is 1. The molecular formula is C21H20ClF2N3O3. The Hall–Kier alpha value is -3.13. The Labute approximate surface area is 177 Å². The SMILES string of the molecule is COc1cc(CCNC(=O)c2cnn(-c3ccc(Cl)cc3)c2C)ccc1OC(F)F. The lowest BCUT2D eigenvalue weighted by Crippen LogP contribution is -2.26. The minimum Gasteiger partial charge on any atom is -0.493 e. The molecule has 1 amide bonds. The number of hydrogen-bond donors (Lipinski definition) is 1. The normalized spacial score (nSPS) is 10.9. The van der Waals surface area contributed by atoms with Crippen molar-refractivity contribution in [3.63, 3.8) is 0 Å². The van der Waals surface area contributed by atoms with E-state index in [2.05, 4.69) is 15.2 Å². The zero-order valence-electron chi connectivity index (χ0n) is 16.4. The number of nitrogens with one attached hydrogen (secondary N) is 1. The van der Waals surface area contributed by atoms with Crippen molar-refractivity contribution in [2.75, 3.05) is 13.7 Å². The highest BCUT2D eigenvalue weighted by Crippen LogP contribution is 2.29. The Morgan fingerprint density at radius 3 is 2.60 bits per heavy atom. The van der Waals surface area contributed by atoms with E-state index in [0.29, 0.717) is 29.2 Å². The van der Waals surface area contributed by atoms with Crippen molar-refractivity contribution < 1.29 is 23.0 Å². The highest BCUT2D eigenvalue weighted by molar-refractivity contribution is 6.30. The van der Waals surface area contributed by atoms with Crippen molar-refractivity contribution >= 4 is 17.5 Å². The van der Waals surface area contributed by atoms with Gasteiger partial charge in [0.25, 0.3) is 5.91 Å². The molecule has 1 aromatic heterocycles. The van der Waals surface area contributed by atoms with Gasteiger partial charge in [0.2, 0.25) is 0 Å². The number of rotatable bonds is 8. The molecule has 0 saturated heterocycles. The lowest BCUT2D eigenvalue weighted by Gasteiger charge is -2.12. The van der Waals surface area contributed by atoms with E-state index in [-0.39, 0.29) is 17.4 Å². The van der Waals surface area contributed by atoms with E-state index in [1.165, 1.54) is 19.4 Å². The second kappa shape index (κ2) is 9.58. The van der Waals surface area contributed by atoms with Crippen LogP contribution >= 0.6 is 11.6 Å². The first-order valence-electron chi connectivity index (χ1n) is 9.09. The summed E-state index contributed by atoms with van der Waals surface area (Å²) in [4.78, 5) is 12.5. The molecule has 1 heterocycles. The van der Waals surface area contributed by atoms with Crippen molar-refractivity contribution in [2.24, 2.45) is 0 Å². The fraction of sp³-hybridized carbons (Fsp3) is 0.238. The van der Waals surface area contributed by atoms with Crippen LogP contribution in [0.3, 0.4) is 0 Å². The van der Waals surface area contributed by atoms with Crippen molar-refractivity contribution in [2.45, 2.75) is 20.0 Å². The molecule has 0 fully saturated rings. The minimum absolute atomic E-state index is 0.0366. The van der Waals surface area contributed by atoms with Crippen LogP contribution in [0.1, 0.15) is 21.6 Å². The van der Waals surface area contributed by atoms with Gasteiger partial charge in [0.15, 0.2) is 11.5 Å². The molecule has 0 aliphatic carbocycles. The van der Waals surface area contributed by atoms with Gasteiger partial charge in [-0.15, -0.1) is 0 Å². The molecule has 0 saturated carbocycles. The Morgan fingerprint density at radius 1 is 1.20 bits per heavy atom. The average molecular weight is 436 g/mol. The van der Waals surface area contributed by atoms with Crippen LogP contribution in [0.25, 0.3) is 5.69 Å². The van der Waals surface area contributed by atoms with E-state index >= 15 is 0 Å². The molecule has 9 heteroatoms. The fourth-order valence-electron chi connectivity index (χ4n) is 2.95. The number of carbonyl (C=O) groups excluding carboxylic acids is 1. The van der Waals surface area contributed by atoms with Crippen molar-refractivity contribution in [3.8, 4) is 17.2 Å². The third-order valence-corrected chi connectivity index (χ3v) is 4.72. The van der Waals surface area contributed by atoms with Crippen LogP contribution in [0.5, 0.6) is 11.5 Å². The zero-order chi connectivity index (χ0) is 21.7. The van der Waals surface area contributed by atoms with Gasteiger partial charge in [-0.2, -0.15) is 13.9 Å². The van der Waals surface area contributed by atoms with Crippen LogP contribution in [0, 0.1) is 6.92 Å². The smallest absolute Gasteiger partial charge is 0.387 e. The molecule has 3 rings (SSSR count). The van der Waals surface area contributed by atoms with Crippen LogP contribution in [0.2, 0.25) is 5.02 Å². The number of ether oxygens (including phenoxy) is 2. The zero-order valence-corrected chi connectivity index (χ0v) is 17.1. The molecule has 0 aliphatic rings. The Balaban J connectivity index is 1.62. The topological polar surface area (TPSA) is 65.4 Å². The van der Waals surface area contributed by atoms with E-state index in [0.717, 1.165) is 11.3 Å². The first-order valence-corrected chi connectivity index (χ1v) is 9.47. The van der Waals surface area contributed by atoms with Gasteiger partial charge in [-0.3, -0.25) is 4.79 Å². The molecular weight excluding hydrogens is 416 g/mol. The van der Waals surface area contributed by atoms with Crippen LogP contribution < -0.4 is 14.8 Å². The highest BCUT2D eigenvalue weighted by Gasteiger charge is 2.15. The van der Waals surface area contributed by atoms with Gasteiger partial charge in [0.05, 0.1) is 30.3 Å². The van der Waals surface area contributed by atoms with Crippen molar-refractivity contribution in [3.05, 3.63) is 70.5 Å². The van der Waals surface area contributed by atoms with Gasteiger partial charge in [-0.1, -0.05) is 17.7 Å². The van der Waals surface area contributed by atoms with Gasteiger partial charge in [0.1, 0.15) is 0 Å². The number of halogens is 3. The monoisotopic (exact) mass is 435 g/mol. The van der Waals surface area contributed by atoms with Crippen molar-refractivity contribution in [1.82, 2.24) is 15.1 Å². The summed E-state index contributed by atoms with van der Waals surface area (Å²) >= 11 is 5.91. The molecule has 158 valence electrons. The molecule has 0 unspecified atom stereocenters. The number of amides is 1. The number of hydrogen-bond acceptors (Lipinski definition) is 4. The van der Waals surface area contributed by atoms with Gasteiger partial charge in [-0.25, -0.2) is 4.68 Å². The van der Waals surface area contributed by atoms with Gasteiger partial charge in [0, 0.05) is 11.6 Å². The number of carbonyl (C=O) groups is 1. The van der Waals surface area contributed by atoms with Crippen LogP contribution in [-0.4, -0.2) is 36.0 Å². The largest absolute Gasteiger partial charge is 0.493 e. The summed E-state index contributed by atoms with van der Waals surface area (Å²) in [6.07, 6.45) is 2.00. The quantitative estimate of drug-likeness (QED) is 0.569. The van der Waals surface area contributed by atoms with Crippen molar-refractivity contribution in [1.29, 1.82) is 0 Å². The molecule has 6 nitrogen and oxygen atoms in total. The summed E-state index contributed by atoms with van der Waals surface area (Å²) in [5.74, 6) is -0.0814. The lowest BCUT2D eigenvalue weighted by atomic mass is 10.1. The maximum Gasteiger partial charge on any atom is 0.387 e. The average Bonchev–Trinajstić information content (AvgIpc) is 3.10. The summed E-state index contributed by atoms with van der Waals surface area (Å²) in [7, 11) is 1.38. The molecule has 3 aromatic rings. The van der Waals surface area contributed by atoms with Crippen LogP contribution in [-0.2, 0) is 6.42 Å². The molecule has 0 aliphatic heterocycles. The molecule has 0 spiro atoms. The summed E-state index contributed by atoms with van der Waals surface area (Å²) in [5, 5.41) is 7.74. The number of alkyl halides is 2. The van der Waals surface area contributed by atoms with Crippen LogP contribution in [0.15, 0.2) is 48.7 Å². The van der Waals surface area contributed by atoms with E-state index < -0.39 is 6.61 Å². The van der Waals surface area contributed by atoms with E-state index in [9.17, 15) is 13.6 Å². The molecule has 0 bridgehead atoms. The molecule has 0 atom stereocenters. The molecule has 0 radical (unpaired) electrons. The number of benzene rings is 2. The third kappa shape index (κ3) is 5.07. The number of nitrogens with zero attached hydrogens (tertiary/aromatic N) is 2. The fourth-order valence-corrected chi connectivity index (χ4v) is 3.08. The summed E-state index contributed by atoms with van der Waals surface area (Å²) in [6, 6.07) is 11.8. The maximum absolute atomic E-state index is 12.5. The first-order chi connectivity index (χ1) is 14.4. The summed E-state index contributed by atoms with van der Waals surface area (Å²) in [6.45, 7) is -0.771. The van der Waals surface area contributed by atoms with E-state index in [4.69, 9.17) is 16.3 Å². The standard InChI is InChI=1S/C21H20ClF2N3O3/c1-13-17(12-26-27(13)16-6-4-15(22)5-7-16)20(28)25-10-9-14-3-8-18(30-21(23)24)19(11-14)29-2/h3-8,11-12,21H,9-10H2,1-2H3,(H,25,28). The second-order valence-electron chi connectivity index (χ2n) is 6.40. The van der Waals surface area contributed by atoms with Crippen LogP contribution in [0.4, 0.5) is 8.78 Å². The first kappa shape index (κ1) is 21.6. The van der Waals surface area contributed by atoms with Gasteiger partial charge < -0.3 is 14.8 Å². The Morgan fingerprint density at radius 2 is 1.93 bits per heavy atom. The maximum atomic E-state index is 12.5. The molecule has 1 N–H and O–H groups in total. The molecule has 2 aromatic carbocycles. The summed E-state index contributed by atoms with van der Waals surface area (Å²) in [5.41, 5.74) is 2.77. The van der Waals surface area contributed by atoms with E-state index in [1.807, 2.05) is 19.1 Å². The van der Waals surface area contributed by atoms with E-state index in [1.54, 1.807) is 28.9 Å². The third-order valence-electron chi connectivity index (χ3n) is 4.47. The second-order valence-corrected chi connectivity index (χ2v) is 6.84. The summed E-state index contributed by atoms with van der Waals surface area (Å²) < 4.78 is 36.0. The predicted octanol–water partition coefficient (Wildman–Crippen LogP) is 4.42. The van der Waals surface area contributed by atoms with Gasteiger partial charge in [-0.05, 0) is 55.3 Å². The number of aromatic nitrogens is 2. The Kier molecular flexibility index (Phi) is 6.89. The van der Waals surface area contributed by atoms with Gasteiger partial charge >= 0.3 is 6.61 Å². The molecule has 30 heavy (non-hydrogen) atoms. The Bertz CT molecular complexity index is 1020. The predicted molar refractivity (Wildman–Crippen MR) is 109 cm³/mol. The minimum atomic E-state index is -2.93.